The van der Waals surface area contributed by atoms with Gasteiger partial charge in [-0.2, -0.15) is 5.10 Å². The Hall–Kier alpha value is -2.18. The van der Waals surface area contributed by atoms with Crippen LogP contribution in [-0.4, -0.2) is 29.8 Å². The van der Waals surface area contributed by atoms with Crippen LogP contribution in [0.25, 0.3) is 0 Å². The predicted octanol–water partition coefficient (Wildman–Crippen LogP) is 4.15. The average molecular weight is 374 g/mol. The Balaban J connectivity index is 1.54. The van der Waals surface area contributed by atoms with Gasteiger partial charge < -0.3 is 9.47 Å². The zero-order chi connectivity index (χ0) is 17.2. The molecule has 2 aliphatic rings. The summed E-state index contributed by atoms with van der Waals surface area (Å²) >= 11 is 7.75. The quantitative estimate of drug-likeness (QED) is 0.859. The highest BCUT2D eigenvalue weighted by Gasteiger charge is 2.17. The first-order valence-electron chi connectivity index (χ1n) is 7.90. The minimum absolute atomic E-state index is 0.575. The van der Waals surface area contributed by atoms with Crippen LogP contribution in [0.2, 0.25) is 5.02 Å². The molecule has 2 heterocycles. The number of fused-ring (bicyclic) bond motifs is 1. The Kier molecular flexibility index (Phi) is 4.55. The van der Waals surface area contributed by atoms with E-state index in [9.17, 15) is 0 Å². The zero-order valence-corrected chi connectivity index (χ0v) is 15.2. The van der Waals surface area contributed by atoms with E-state index in [1.54, 1.807) is 11.8 Å². The number of aliphatic imine (C=N–C) groups is 1. The monoisotopic (exact) mass is 373 g/mol. The molecule has 0 saturated carbocycles. The van der Waals surface area contributed by atoms with Crippen LogP contribution in [0.3, 0.4) is 0 Å². The standard InChI is InChI=1S/C18H16ClN3O2S/c1-11-13(19)3-2-4-14(11)20-18-22-21-15(10-25-18)12-5-6-16-17(9-12)24-8-7-23-16/h2-6,9H,7-8,10H2,1H3,(H,20,22). The number of hydrogen-bond donors (Lipinski definition) is 1. The molecule has 2 aromatic rings. The molecule has 0 atom stereocenters. The molecule has 0 aliphatic carbocycles. The first kappa shape index (κ1) is 16.3. The Morgan fingerprint density at radius 3 is 2.80 bits per heavy atom. The highest BCUT2D eigenvalue weighted by Crippen LogP contribution is 2.32. The lowest BCUT2D eigenvalue weighted by molar-refractivity contribution is 0.171. The number of amidine groups is 1. The number of halogens is 1. The van der Waals surface area contributed by atoms with Gasteiger partial charge in [-0.3, -0.25) is 5.43 Å². The van der Waals surface area contributed by atoms with Gasteiger partial charge in [0.05, 0.1) is 11.4 Å². The van der Waals surface area contributed by atoms with Crippen molar-refractivity contribution in [1.29, 1.82) is 0 Å². The van der Waals surface area contributed by atoms with Gasteiger partial charge in [-0.05, 0) is 42.8 Å². The normalized spacial score (nSPS) is 17.8. The van der Waals surface area contributed by atoms with Gasteiger partial charge in [0.25, 0.3) is 0 Å². The molecular weight excluding hydrogens is 358 g/mol. The second kappa shape index (κ2) is 6.98. The molecule has 128 valence electrons. The third-order valence-electron chi connectivity index (χ3n) is 3.97. The first-order valence-corrected chi connectivity index (χ1v) is 9.26. The molecule has 2 aromatic carbocycles. The van der Waals surface area contributed by atoms with Crippen LogP contribution in [0, 0.1) is 6.92 Å². The highest BCUT2D eigenvalue weighted by atomic mass is 35.5. The SMILES string of the molecule is Cc1c(Cl)cccc1N=C1NN=C(c2ccc3c(c2)OCCO3)CS1. The summed E-state index contributed by atoms with van der Waals surface area (Å²) in [5, 5.41) is 5.93. The largest absolute Gasteiger partial charge is 0.486 e. The van der Waals surface area contributed by atoms with Gasteiger partial charge in [0.15, 0.2) is 16.7 Å². The van der Waals surface area contributed by atoms with Crippen LogP contribution in [0.1, 0.15) is 11.1 Å². The van der Waals surface area contributed by atoms with Crippen molar-refractivity contribution in [3.05, 3.63) is 52.5 Å². The lowest BCUT2D eigenvalue weighted by Crippen LogP contribution is -2.25. The van der Waals surface area contributed by atoms with Gasteiger partial charge in [-0.1, -0.05) is 29.4 Å². The Morgan fingerprint density at radius 1 is 1.16 bits per heavy atom. The van der Waals surface area contributed by atoms with Crippen molar-refractivity contribution in [3.63, 3.8) is 0 Å². The lowest BCUT2D eigenvalue weighted by Gasteiger charge is -2.20. The van der Waals surface area contributed by atoms with Crippen LogP contribution >= 0.6 is 23.4 Å². The Morgan fingerprint density at radius 2 is 2.00 bits per heavy atom. The molecule has 0 aromatic heterocycles. The molecule has 1 N–H and O–H groups in total. The molecule has 5 nitrogen and oxygen atoms in total. The van der Waals surface area contributed by atoms with Crippen molar-refractivity contribution >= 4 is 39.9 Å². The molecule has 7 heteroatoms. The van der Waals surface area contributed by atoms with Crippen LogP contribution in [0.4, 0.5) is 5.69 Å². The molecule has 0 bridgehead atoms. The zero-order valence-electron chi connectivity index (χ0n) is 13.6. The van der Waals surface area contributed by atoms with E-state index < -0.39 is 0 Å². The summed E-state index contributed by atoms with van der Waals surface area (Å²) < 4.78 is 11.2. The molecule has 0 spiro atoms. The van der Waals surface area contributed by atoms with E-state index in [2.05, 4.69) is 15.5 Å². The maximum atomic E-state index is 6.15. The number of nitrogens with zero attached hydrogens (tertiary/aromatic N) is 2. The lowest BCUT2D eigenvalue weighted by atomic mass is 10.1. The van der Waals surface area contributed by atoms with E-state index in [1.807, 2.05) is 43.3 Å². The van der Waals surface area contributed by atoms with E-state index in [1.165, 1.54) is 0 Å². The molecular formula is C18H16ClN3O2S. The fraction of sp³-hybridized carbons (Fsp3) is 0.222. The average Bonchev–Trinajstić information content (AvgIpc) is 2.66. The van der Waals surface area contributed by atoms with Crippen LogP contribution in [0.15, 0.2) is 46.5 Å². The number of nitrogens with one attached hydrogen (secondary N) is 1. The third kappa shape index (κ3) is 3.45. The van der Waals surface area contributed by atoms with Crippen molar-refractivity contribution in [2.45, 2.75) is 6.92 Å². The number of hydrogen-bond acceptors (Lipinski definition) is 5. The topological polar surface area (TPSA) is 55.2 Å². The summed E-state index contributed by atoms with van der Waals surface area (Å²) in [7, 11) is 0. The van der Waals surface area contributed by atoms with E-state index in [0.717, 1.165) is 44.9 Å². The maximum absolute atomic E-state index is 6.15. The van der Waals surface area contributed by atoms with E-state index in [0.29, 0.717) is 18.2 Å². The Bertz CT molecular complexity index is 883. The first-order chi connectivity index (χ1) is 12.2. The van der Waals surface area contributed by atoms with Crippen molar-refractivity contribution in [2.24, 2.45) is 10.1 Å². The maximum Gasteiger partial charge on any atom is 0.182 e. The van der Waals surface area contributed by atoms with Crippen molar-refractivity contribution in [3.8, 4) is 11.5 Å². The fourth-order valence-corrected chi connectivity index (χ4v) is 3.52. The molecule has 4 rings (SSSR count). The van der Waals surface area contributed by atoms with Crippen LogP contribution in [-0.2, 0) is 0 Å². The molecule has 0 unspecified atom stereocenters. The highest BCUT2D eigenvalue weighted by molar-refractivity contribution is 8.14. The van der Waals surface area contributed by atoms with Crippen molar-refractivity contribution in [2.75, 3.05) is 19.0 Å². The van der Waals surface area contributed by atoms with Gasteiger partial charge in [0.1, 0.15) is 13.2 Å². The fourth-order valence-electron chi connectivity index (χ4n) is 2.57. The smallest absolute Gasteiger partial charge is 0.182 e. The summed E-state index contributed by atoms with van der Waals surface area (Å²) in [6.45, 7) is 3.12. The van der Waals surface area contributed by atoms with Gasteiger partial charge >= 0.3 is 0 Å². The number of thioether (sulfide) groups is 1. The summed E-state index contributed by atoms with van der Waals surface area (Å²) in [6, 6.07) is 11.6. The molecule has 0 amide bonds. The minimum atomic E-state index is 0.575. The summed E-state index contributed by atoms with van der Waals surface area (Å²) in [5.74, 6) is 2.28. The number of hydrazone groups is 1. The van der Waals surface area contributed by atoms with Crippen LogP contribution < -0.4 is 14.9 Å². The van der Waals surface area contributed by atoms with Gasteiger partial charge in [-0.25, -0.2) is 4.99 Å². The molecule has 25 heavy (non-hydrogen) atoms. The van der Waals surface area contributed by atoms with Gasteiger partial charge in [-0.15, -0.1) is 0 Å². The summed E-state index contributed by atoms with van der Waals surface area (Å²) in [6.07, 6.45) is 0. The second-order valence-electron chi connectivity index (χ2n) is 5.62. The van der Waals surface area contributed by atoms with Crippen molar-refractivity contribution in [1.82, 2.24) is 5.43 Å². The second-order valence-corrected chi connectivity index (χ2v) is 6.99. The van der Waals surface area contributed by atoms with Crippen LogP contribution in [0.5, 0.6) is 11.5 Å². The van der Waals surface area contributed by atoms with Gasteiger partial charge in [0, 0.05) is 16.3 Å². The minimum Gasteiger partial charge on any atom is -0.486 e. The molecule has 2 aliphatic heterocycles. The van der Waals surface area contributed by atoms with Crippen molar-refractivity contribution < 1.29 is 9.47 Å². The number of rotatable bonds is 2. The van der Waals surface area contributed by atoms with E-state index >= 15 is 0 Å². The molecule has 0 saturated heterocycles. The number of ether oxygens (including phenoxy) is 2. The van der Waals surface area contributed by atoms with Gasteiger partial charge in [0.2, 0.25) is 0 Å². The van der Waals surface area contributed by atoms with E-state index in [-0.39, 0.29) is 0 Å². The Labute approximate surface area is 155 Å². The number of benzene rings is 2. The third-order valence-corrected chi connectivity index (χ3v) is 5.25. The molecule has 0 radical (unpaired) electrons. The van der Waals surface area contributed by atoms with E-state index in [4.69, 9.17) is 21.1 Å². The predicted molar refractivity (Wildman–Crippen MR) is 103 cm³/mol. The summed E-state index contributed by atoms with van der Waals surface area (Å²) in [5.41, 5.74) is 6.80. The molecule has 0 fully saturated rings. The summed E-state index contributed by atoms with van der Waals surface area (Å²) in [4.78, 5) is 4.61.